The van der Waals surface area contributed by atoms with Crippen LogP contribution in [0.3, 0.4) is 0 Å². The fourth-order valence-electron chi connectivity index (χ4n) is 3.38. The van der Waals surface area contributed by atoms with Crippen molar-refractivity contribution in [1.82, 2.24) is 15.1 Å². The van der Waals surface area contributed by atoms with Crippen molar-refractivity contribution < 1.29 is 14.3 Å². The smallest absolute Gasteiger partial charge is 0.229 e. The van der Waals surface area contributed by atoms with Crippen LogP contribution < -0.4 is 5.32 Å². The number of likely N-dealkylation sites (N-methyl/N-ethyl adjacent to an activating group) is 1. The van der Waals surface area contributed by atoms with E-state index in [4.69, 9.17) is 4.74 Å². The number of amides is 2. The van der Waals surface area contributed by atoms with Crippen LogP contribution in [-0.2, 0) is 14.3 Å². The van der Waals surface area contributed by atoms with E-state index in [1.807, 2.05) is 16.8 Å². The van der Waals surface area contributed by atoms with Gasteiger partial charge in [-0.15, -0.1) is 0 Å². The molecule has 3 aliphatic rings. The van der Waals surface area contributed by atoms with Gasteiger partial charge in [-0.1, -0.05) is 0 Å². The number of hydrogen-bond donors (Lipinski definition) is 1. The summed E-state index contributed by atoms with van der Waals surface area (Å²) < 4.78 is 5.40. The van der Waals surface area contributed by atoms with Crippen molar-refractivity contribution in [2.24, 2.45) is 5.92 Å². The average Bonchev–Trinajstić information content (AvgIpc) is 3.04. The minimum atomic E-state index is -0.0753. The summed E-state index contributed by atoms with van der Waals surface area (Å²) in [6.45, 7) is 3.15. The van der Waals surface area contributed by atoms with Crippen molar-refractivity contribution in [2.45, 2.75) is 24.9 Å². The van der Waals surface area contributed by atoms with Gasteiger partial charge >= 0.3 is 0 Å². The molecule has 0 aromatic heterocycles. The Morgan fingerprint density at radius 1 is 1.37 bits per heavy atom. The molecule has 3 atom stereocenters. The summed E-state index contributed by atoms with van der Waals surface area (Å²) >= 11 is 0. The molecule has 19 heavy (non-hydrogen) atoms. The summed E-state index contributed by atoms with van der Waals surface area (Å²) in [6, 6.07) is 0.358. The van der Waals surface area contributed by atoms with Crippen LogP contribution in [0.2, 0.25) is 0 Å². The van der Waals surface area contributed by atoms with Crippen molar-refractivity contribution in [3.05, 3.63) is 0 Å². The van der Waals surface area contributed by atoms with E-state index in [2.05, 4.69) is 5.32 Å². The second kappa shape index (κ2) is 5.09. The maximum absolute atomic E-state index is 12.5. The lowest BCUT2D eigenvalue weighted by Crippen LogP contribution is -2.56. The van der Waals surface area contributed by atoms with Gasteiger partial charge in [-0.25, -0.2) is 0 Å². The predicted molar refractivity (Wildman–Crippen MR) is 68.5 cm³/mol. The minimum Gasteiger partial charge on any atom is -0.379 e. The number of rotatable bonds is 2. The molecule has 3 unspecified atom stereocenters. The molecule has 2 amide bonds. The first-order valence-electron chi connectivity index (χ1n) is 7.04. The van der Waals surface area contributed by atoms with Crippen LogP contribution in [0.4, 0.5) is 0 Å². The van der Waals surface area contributed by atoms with E-state index in [9.17, 15) is 9.59 Å². The lowest BCUT2D eigenvalue weighted by Gasteiger charge is -2.39. The van der Waals surface area contributed by atoms with E-state index >= 15 is 0 Å². The first-order valence-corrected chi connectivity index (χ1v) is 7.04. The second-order valence-corrected chi connectivity index (χ2v) is 5.60. The van der Waals surface area contributed by atoms with Gasteiger partial charge in [0, 0.05) is 38.1 Å². The van der Waals surface area contributed by atoms with Crippen LogP contribution >= 0.6 is 0 Å². The molecule has 3 aliphatic heterocycles. The van der Waals surface area contributed by atoms with Gasteiger partial charge in [0.2, 0.25) is 11.8 Å². The van der Waals surface area contributed by atoms with E-state index in [1.165, 1.54) is 0 Å². The van der Waals surface area contributed by atoms with Crippen molar-refractivity contribution >= 4 is 11.8 Å². The molecule has 3 heterocycles. The van der Waals surface area contributed by atoms with Crippen LogP contribution in [0.1, 0.15) is 12.8 Å². The first kappa shape index (κ1) is 12.9. The number of fused-ring (bicyclic) bond motifs is 1. The fourth-order valence-corrected chi connectivity index (χ4v) is 3.38. The number of hydrogen-bond acceptors (Lipinski definition) is 4. The van der Waals surface area contributed by atoms with Gasteiger partial charge in [-0.2, -0.15) is 0 Å². The van der Waals surface area contributed by atoms with Crippen molar-refractivity contribution in [3.63, 3.8) is 0 Å². The largest absolute Gasteiger partial charge is 0.379 e. The molecule has 1 N–H and O–H groups in total. The highest BCUT2D eigenvalue weighted by molar-refractivity contribution is 5.82. The molecule has 0 aromatic carbocycles. The highest BCUT2D eigenvalue weighted by atomic mass is 16.5. The quantitative estimate of drug-likeness (QED) is 0.701. The molecule has 106 valence electrons. The minimum absolute atomic E-state index is 0.0753. The van der Waals surface area contributed by atoms with E-state index < -0.39 is 0 Å². The van der Waals surface area contributed by atoms with Crippen LogP contribution in [0.5, 0.6) is 0 Å². The third-order valence-electron chi connectivity index (χ3n) is 4.57. The molecule has 0 saturated carbocycles. The van der Waals surface area contributed by atoms with Crippen LogP contribution in [-0.4, -0.2) is 73.6 Å². The number of carbonyl (C=O) groups is 2. The summed E-state index contributed by atoms with van der Waals surface area (Å²) in [6.07, 6.45) is 1.53. The monoisotopic (exact) mass is 267 g/mol. The van der Waals surface area contributed by atoms with Crippen molar-refractivity contribution in [2.75, 3.05) is 39.9 Å². The highest BCUT2D eigenvalue weighted by Gasteiger charge is 2.41. The Morgan fingerprint density at radius 3 is 3.00 bits per heavy atom. The zero-order valence-corrected chi connectivity index (χ0v) is 11.3. The Morgan fingerprint density at radius 2 is 2.21 bits per heavy atom. The standard InChI is InChI=1S/C13H21N3O3/c1-14-11-8-19-7-10(11)13(18)15-4-5-16-9(6-15)2-3-12(16)17/h9-11,14H,2-8H2,1H3. The highest BCUT2D eigenvalue weighted by Crippen LogP contribution is 2.25. The molecule has 3 rings (SSSR count). The zero-order chi connectivity index (χ0) is 13.4. The summed E-state index contributed by atoms with van der Waals surface area (Å²) in [5.74, 6) is 0.346. The zero-order valence-electron chi connectivity index (χ0n) is 11.3. The molecular weight excluding hydrogens is 246 g/mol. The number of nitrogens with zero attached hydrogens (tertiary/aromatic N) is 2. The third-order valence-corrected chi connectivity index (χ3v) is 4.57. The van der Waals surface area contributed by atoms with Crippen molar-refractivity contribution in [3.8, 4) is 0 Å². The van der Waals surface area contributed by atoms with E-state index in [0.29, 0.717) is 39.3 Å². The molecule has 0 bridgehead atoms. The van der Waals surface area contributed by atoms with Gasteiger partial charge in [-0.3, -0.25) is 9.59 Å². The van der Waals surface area contributed by atoms with E-state index in [0.717, 1.165) is 6.42 Å². The molecule has 0 aliphatic carbocycles. The maximum Gasteiger partial charge on any atom is 0.229 e. The number of nitrogens with one attached hydrogen (secondary N) is 1. The van der Waals surface area contributed by atoms with Gasteiger partial charge in [0.1, 0.15) is 0 Å². The van der Waals surface area contributed by atoms with Gasteiger partial charge in [0.25, 0.3) is 0 Å². The molecule has 0 aromatic rings. The Hall–Kier alpha value is -1.14. The van der Waals surface area contributed by atoms with Gasteiger partial charge < -0.3 is 19.9 Å². The Bertz CT molecular complexity index is 387. The summed E-state index contributed by atoms with van der Waals surface area (Å²) in [7, 11) is 1.87. The lowest BCUT2D eigenvalue weighted by molar-refractivity contribution is -0.142. The molecule has 6 nitrogen and oxygen atoms in total. The summed E-state index contributed by atoms with van der Waals surface area (Å²) in [5.41, 5.74) is 0. The van der Waals surface area contributed by atoms with Crippen LogP contribution in [0.15, 0.2) is 0 Å². The average molecular weight is 267 g/mol. The number of piperazine rings is 1. The van der Waals surface area contributed by atoms with Gasteiger partial charge in [0.05, 0.1) is 19.1 Å². The number of carbonyl (C=O) groups excluding carboxylic acids is 2. The molecule has 0 radical (unpaired) electrons. The van der Waals surface area contributed by atoms with Crippen LogP contribution in [0.25, 0.3) is 0 Å². The van der Waals surface area contributed by atoms with Gasteiger partial charge in [0.15, 0.2) is 0 Å². The predicted octanol–water partition coefficient (Wildman–Crippen LogP) is -0.946. The topological polar surface area (TPSA) is 61.9 Å². The SMILES string of the molecule is CNC1COCC1C(=O)N1CCN2C(=O)CCC2C1. The molecule has 0 spiro atoms. The molecular formula is C13H21N3O3. The summed E-state index contributed by atoms with van der Waals surface area (Å²) in [5, 5.41) is 3.15. The molecule has 6 heteroatoms. The summed E-state index contributed by atoms with van der Waals surface area (Å²) in [4.78, 5) is 28.0. The van der Waals surface area contributed by atoms with Gasteiger partial charge in [-0.05, 0) is 13.5 Å². The Kier molecular flexibility index (Phi) is 3.45. The fraction of sp³-hybridized carbons (Fsp3) is 0.846. The molecule has 3 fully saturated rings. The maximum atomic E-state index is 12.5. The second-order valence-electron chi connectivity index (χ2n) is 5.60. The van der Waals surface area contributed by atoms with E-state index in [1.54, 1.807) is 0 Å². The normalized spacial score (nSPS) is 34.8. The van der Waals surface area contributed by atoms with Crippen molar-refractivity contribution in [1.29, 1.82) is 0 Å². The lowest BCUT2D eigenvalue weighted by atomic mass is 10.0. The third kappa shape index (κ3) is 2.23. The molecule has 3 saturated heterocycles. The van der Waals surface area contributed by atoms with Crippen LogP contribution in [0, 0.1) is 5.92 Å². The Labute approximate surface area is 113 Å². The number of ether oxygens (including phenoxy) is 1. The first-order chi connectivity index (χ1) is 9.20. The van der Waals surface area contributed by atoms with E-state index in [-0.39, 0.29) is 29.8 Å². The Balaban J connectivity index is 1.64.